The molecule has 6 heteroatoms. The van der Waals surface area contributed by atoms with E-state index >= 15 is 0 Å². The van der Waals surface area contributed by atoms with Crippen LogP contribution in [0.25, 0.3) is 0 Å². The Labute approximate surface area is 195 Å². The van der Waals surface area contributed by atoms with Crippen molar-refractivity contribution in [2.75, 3.05) is 18.5 Å². The highest BCUT2D eigenvalue weighted by Crippen LogP contribution is 2.24. The van der Waals surface area contributed by atoms with E-state index in [2.05, 4.69) is 26.1 Å². The molecular formula is C26H45NO5. The number of aliphatic hydroxyl groups excluding tert-OH is 1. The van der Waals surface area contributed by atoms with Gasteiger partial charge >= 0.3 is 11.9 Å². The van der Waals surface area contributed by atoms with Gasteiger partial charge in [-0.1, -0.05) is 58.6 Å². The molecule has 0 amide bonds. The topological polar surface area (TPSA) is 84.9 Å². The molecule has 6 nitrogen and oxygen atoms in total. The van der Waals surface area contributed by atoms with Crippen molar-refractivity contribution in [3.05, 3.63) is 29.8 Å². The zero-order valence-corrected chi connectivity index (χ0v) is 21.0. The van der Waals surface area contributed by atoms with Crippen LogP contribution < -0.4 is 5.32 Å². The summed E-state index contributed by atoms with van der Waals surface area (Å²) >= 11 is 0. The van der Waals surface area contributed by atoms with Gasteiger partial charge in [0.15, 0.2) is 6.10 Å². The fraction of sp³-hybridized carbons (Fsp3) is 0.692. The van der Waals surface area contributed by atoms with Crippen molar-refractivity contribution in [3.8, 4) is 0 Å². The molecule has 0 saturated carbocycles. The number of hydrogen-bond donors (Lipinski definition) is 2. The molecule has 2 N–H and O–H groups in total. The van der Waals surface area contributed by atoms with Crippen LogP contribution in [-0.4, -0.2) is 42.4 Å². The number of carbonyl (C=O) groups excluding carboxylic acids is 2. The number of ether oxygens (including phenoxy) is 2. The second-order valence-corrected chi connectivity index (χ2v) is 7.90. The van der Waals surface area contributed by atoms with Gasteiger partial charge in [-0.05, 0) is 58.1 Å². The number of nitrogens with one attached hydrogen (secondary N) is 1. The monoisotopic (exact) mass is 451 g/mol. The molecule has 3 unspecified atom stereocenters. The van der Waals surface area contributed by atoms with Gasteiger partial charge in [0.25, 0.3) is 0 Å². The Kier molecular flexibility index (Phi) is 17.3. The summed E-state index contributed by atoms with van der Waals surface area (Å²) in [5.74, 6) is -0.287. The van der Waals surface area contributed by atoms with Gasteiger partial charge in [0, 0.05) is 18.3 Å². The van der Waals surface area contributed by atoms with Gasteiger partial charge < -0.3 is 19.9 Å². The molecule has 0 bridgehead atoms. The van der Waals surface area contributed by atoms with E-state index in [0.29, 0.717) is 11.6 Å². The highest BCUT2D eigenvalue weighted by Gasteiger charge is 2.22. The molecule has 0 aliphatic heterocycles. The number of para-hydroxylation sites is 1. The Bertz CT molecular complexity index is 634. The number of unbranched alkanes of at least 4 members (excludes halogenated alkanes) is 1. The lowest BCUT2D eigenvalue weighted by atomic mass is 9.92. The van der Waals surface area contributed by atoms with Crippen molar-refractivity contribution in [1.82, 2.24) is 0 Å². The summed E-state index contributed by atoms with van der Waals surface area (Å²) in [7, 11) is 0. The molecule has 0 fully saturated rings. The molecule has 32 heavy (non-hydrogen) atoms. The number of anilines is 1. The van der Waals surface area contributed by atoms with E-state index in [4.69, 9.17) is 14.6 Å². The fourth-order valence-electron chi connectivity index (χ4n) is 3.40. The first kappa shape index (κ1) is 29.9. The van der Waals surface area contributed by atoms with Crippen LogP contribution in [0.2, 0.25) is 0 Å². The van der Waals surface area contributed by atoms with Crippen LogP contribution in [0.5, 0.6) is 0 Å². The Morgan fingerprint density at radius 2 is 1.66 bits per heavy atom. The molecule has 0 radical (unpaired) electrons. The van der Waals surface area contributed by atoms with E-state index in [0.717, 1.165) is 24.4 Å². The van der Waals surface area contributed by atoms with Crippen LogP contribution in [0.4, 0.5) is 5.69 Å². The molecule has 1 rings (SSSR count). The van der Waals surface area contributed by atoms with Crippen LogP contribution in [0.1, 0.15) is 96.8 Å². The summed E-state index contributed by atoms with van der Waals surface area (Å²) in [6.45, 7) is 12.1. The number of aliphatic hydroxyl groups is 1. The molecule has 0 aromatic heterocycles. The smallest absolute Gasteiger partial charge is 0.347 e. The Hall–Kier alpha value is -2.08. The molecule has 0 aliphatic carbocycles. The first-order valence-corrected chi connectivity index (χ1v) is 12.2. The van der Waals surface area contributed by atoms with E-state index < -0.39 is 18.0 Å². The minimum absolute atomic E-state index is 0.250. The highest BCUT2D eigenvalue weighted by atomic mass is 16.6. The molecular weight excluding hydrogens is 406 g/mol. The van der Waals surface area contributed by atoms with Crippen LogP contribution in [0, 0.1) is 5.92 Å². The number of benzene rings is 1. The van der Waals surface area contributed by atoms with Crippen LogP contribution in [-0.2, 0) is 14.3 Å². The van der Waals surface area contributed by atoms with Gasteiger partial charge in [0.2, 0.25) is 0 Å². The quantitative estimate of drug-likeness (QED) is 0.338. The first-order valence-electron chi connectivity index (χ1n) is 12.2. The second-order valence-electron chi connectivity index (χ2n) is 7.90. The standard InChI is InChI=1S/C24H39NO4.C2H6O/c1-6-10-13-19(7-2)16-17-20(8-3)25-22-15-12-11-14-21(22)24(27)29-18(5)23(26)28-9-4;1-2-3/h11-12,14-15,18-20,25H,6-10,13,16-17H2,1-5H3;3H,2H2,1H3. The molecule has 0 spiro atoms. The Morgan fingerprint density at radius 1 is 1.00 bits per heavy atom. The lowest BCUT2D eigenvalue weighted by Gasteiger charge is -2.23. The third-order valence-electron chi connectivity index (χ3n) is 5.37. The normalized spacial score (nSPS) is 13.2. The summed E-state index contributed by atoms with van der Waals surface area (Å²) in [6, 6.07) is 7.61. The summed E-state index contributed by atoms with van der Waals surface area (Å²) < 4.78 is 10.2. The number of rotatable bonds is 14. The largest absolute Gasteiger partial charge is 0.463 e. The number of carbonyl (C=O) groups is 2. The average Bonchev–Trinajstić information content (AvgIpc) is 2.79. The van der Waals surface area contributed by atoms with Gasteiger partial charge in [-0.2, -0.15) is 0 Å². The maximum atomic E-state index is 12.6. The minimum Gasteiger partial charge on any atom is -0.463 e. The Balaban J connectivity index is 0.00000302. The van der Waals surface area contributed by atoms with Gasteiger partial charge in [0.05, 0.1) is 12.2 Å². The van der Waals surface area contributed by atoms with Crippen molar-refractivity contribution < 1.29 is 24.2 Å². The van der Waals surface area contributed by atoms with E-state index in [1.807, 2.05) is 12.1 Å². The SMILES string of the molecule is CCCCC(CC)CCC(CC)Nc1ccccc1C(=O)OC(C)C(=O)OCC.CCO. The fourth-order valence-corrected chi connectivity index (χ4v) is 3.40. The zero-order valence-electron chi connectivity index (χ0n) is 21.0. The summed E-state index contributed by atoms with van der Waals surface area (Å²) in [6.07, 6.45) is 7.34. The molecule has 3 atom stereocenters. The van der Waals surface area contributed by atoms with Crippen molar-refractivity contribution in [3.63, 3.8) is 0 Å². The molecule has 184 valence electrons. The molecule has 1 aromatic rings. The number of hydrogen-bond acceptors (Lipinski definition) is 6. The van der Waals surface area contributed by atoms with Crippen LogP contribution >= 0.6 is 0 Å². The minimum atomic E-state index is -0.929. The maximum absolute atomic E-state index is 12.6. The highest BCUT2D eigenvalue weighted by molar-refractivity contribution is 5.96. The zero-order chi connectivity index (χ0) is 24.4. The predicted octanol–water partition coefficient (Wildman–Crippen LogP) is 5.98. The summed E-state index contributed by atoms with van der Waals surface area (Å²) in [4.78, 5) is 24.4. The number of esters is 2. The van der Waals surface area contributed by atoms with E-state index in [-0.39, 0.29) is 13.2 Å². The molecule has 0 saturated heterocycles. The first-order chi connectivity index (χ1) is 15.4. The Morgan fingerprint density at radius 3 is 2.22 bits per heavy atom. The van der Waals surface area contributed by atoms with E-state index in [1.54, 1.807) is 26.0 Å². The van der Waals surface area contributed by atoms with Gasteiger partial charge in [-0.3, -0.25) is 0 Å². The lowest BCUT2D eigenvalue weighted by molar-refractivity contribution is -0.152. The van der Waals surface area contributed by atoms with Crippen LogP contribution in [0.15, 0.2) is 24.3 Å². The third kappa shape index (κ3) is 12.1. The molecule has 0 aliphatic rings. The van der Waals surface area contributed by atoms with E-state index in [9.17, 15) is 9.59 Å². The van der Waals surface area contributed by atoms with Gasteiger partial charge in [-0.15, -0.1) is 0 Å². The third-order valence-corrected chi connectivity index (χ3v) is 5.37. The van der Waals surface area contributed by atoms with Gasteiger partial charge in [-0.25, -0.2) is 9.59 Å². The second kappa shape index (κ2) is 18.5. The van der Waals surface area contributed by atoms with Crippen LogP contribution in [0.3, 0.4) is 0 Å². The van der Waals surface area contributed by atoms with Crippen molar-refractivity contribution in [2.24, 2.45) is 5.92 Å². The lowest BCUT2D eigenvalue weighted by Crippen LogP contribution is -2.27. The van der Waals surface area contributed by atoms with Crippen molar-refractivity contribution in [1.29, 1.82) is 0 Å². The van der Waals surface area contributed by atoms with Crippen molar-refractivity contribution in [2.45, 2.75) is 98.6 Å². The summed E-state index contributed by atoms with van der Waals surface area (Å²) in [5.41, 5.74) is 1.20. The average molecular weight is 452 g/mol. The molecule has 1 aromatic carbocycles. The van der Waals surface area contributed by atoms with Gasteiger partial charge in [0.1, 0.15) is 0 Å². The predicted molar refractivity (Wildman–Crippen MR) is 131 cm³/mol. The van der Waals surface area contributed by atoms with Crippen molar-refractivity contribution >= 4 is 17.6 Å². The van der Waals surface area contributed by atoms with E-state index in [1.165, 1.54) is 39.0 Å². The maximum Gasteiger partial charge on any atom is 0.347 e. The molecule has 0 heterocycles. The summed E-state index contributed by atoms with van der Waals surface area (Å²) in [5, 5.41) is 11.1.